The van der Waals surface area contributed by atoms with Crippen LogP contribution in [-0.4, -0.2) is 50.2 Å². The zero-order valence-corrected chi connectivity index (χ0v) is 15.4. The average molecular weight is 418 g/mol. The number of halogens is 1. The summed E-state index contributed by atoms with van der Waals surface area (Å²) in [5.41, 5.74) is 0.894. The van der Waals surface area contributed by atoms with Crippen LogP contribution in [0.5, 0.6) is 0 Å². The standard InChI is InChI=1S/C16H20NO2S.HI/c1-17(8-10-19-11-9-17)7-6-15(18)14-12-20-16-5-3-2-4-13(14)16;/h2-5,12H,6-11H2,1H3;1H/q+1;. The molecule has 0 saturated carbocycles. The molecule has 1 saturated heterocycles. The summed E-state index contributed by atoms with van der Waals surface area (Å²) < 4.78 is 7.55. The van der Waals surface area contributed by atoms with Gasteiger partial charge < -0.3 is 9.22 Å². The molecule has 1 aromatic heterocycles. The van der Waals surface area contributed by atoms with Gasteiger partial charge in [0.25, 0.3) is 0 Å². The van der Waals surface area contributed by atoms with Gasteiger partial charge in [0.1, 0.15) is 13.1 Å². The Morgan fingerprint density at radius 1 is 1.29 bits per heavy atom. The highest BCUT2D eigenvalue weighted by atomic mass is 127. The SMILES string of the molecule is C[N+]1(CCC(=O)c2csc3ccccc23)CCOCC1.I. The van der Waals surface area contributed by atoms with E-state index in [-0.39, 0.29) is 29.8 Å². The maximum atomic E-state index is 12.5. The van der Waals surface area contributed by atoms with Crippen molar-refractivity contribution >= 4 is 51.2 Å². The minimum absolute atomic E-state index is 0. The number of benzene rings is 1. The Balaban J connectivity index is 0.00000161. The van der Waals surface area contributed by atoms with Crippen molar-refractivity contribution in [1.82, 2.24) is 0 Å². The van der Waals surface area contributed by atoms with Crippen LogP contribution in [-0.2, 0) is 4.74 Å². The van der Waals surface area contributed by atoms with Gasteiger partial charge >= 0.3 is 0 Å². The van der Waals surface area contributed by atoms with Crippen molar-refractivity contribution in [3.05, 3.63) is 35.2 Å². The van der Waals surface area contributed by atoms with Gasteiger partial charge in [0.05, 0.1) is 33.2 Å². The summed E-state index contributed by atoms with van der Waals surface area (Å²) in [5.74, 6) is 0.272. The molecular weight excluding hydrogens is 397 g/mol. The molecule has 0 spiro atoms. The van der Waals surface area contributed by atoms with Crippen molar-refractivity contribution in [3.63, 3.8) is 0 Å². The molecule has 1 aliphatic rings. The van der Waals surface area contributed by atoms with E-state index in [0.29, 0.717) is 6.42 Å². The monoisotopic (exact) mass is 418 g/mol. The van der Waals surface area contributed by atoms with E-state index in [4.69, 9.17) is 4.74 Å². The minimum atomic E-state index is 0. The molecular formula is C16H21INO2S+. The number of morpholine rings is 1. The van der Waals surface area contributed by atoms with Crippen molar-refractivity contribution in [2.75, 3.05) is 39.9 Å². The highest BCUT2D eigenvalue weighted by molar-refractivity contribution is 14.0. The molecule has 0 aliphatic carbocycles. The molecule has 0 bridgehead atoms. The van der Waals surface area contributed by atoms with Gasteiger partial charge in [0, 0.05) is 21.0 Å². The molecule has 0 unspecified atom stereocenters. The number of rotatable bonds is 4. The van der Waals surface area contributed by atoms with E-state index in [2.05, 4.69) is 13.1 Å². The van der Waals surface area contributed by atoms with E-state index in [9.17, 15) is 4.79 Å². The number of nitrogens with zero attached hydrogens (tertiary/aromatic N) is 1. The molecule has 0 amide bonds. The third-order valence-electron chi connectivity index (χ3n) is 4.21. The predicted molar refractivity (Wildman–Crippen MR) is 97.8 cm³/mol. The molecule has 3 rings (SSSR count). The van der Waals surface area contributed by atoms with Crippen molar-refractivity contribution in [1.29, 1.82) is 0 Å². The smallest absolute Gasteiger partial charge is 0.169 e. The molecule has 2 aromatic rings. The molecule has 2 heterocycles. The molecule has 1 aromatic carbocycles. The lowest BCUT2D eigenvalue weighted by atomic mass is 10.1. The molecule has 0 atom stereocenters. The number of hydrogen-bond donors (Lipinski definition) is 0. The first-order valence-corrected chi connectivity index (χ1v) is 7.97. The maximum Gasteiger partial charge on any atom is 0.169 e. The summed E-state index contributed by atoms with van der Waals surface area (Å²) in [6.45, 7) is 4.56. The van der Waals surface area contributed by atoms with E-state index in [1.807, 2.05) is 23.6 Å². The highest BCUT2D eigenvalue weighted by Gasteiger charge is 2.26. The van der Waals surface area contributed by atoms with Crippen LogP contribution in [0.3, 0.4) is 0 Å². The average Bonchev–Trinajstić information content (AvgIpc) is 2.90. The van der Waals surface area contributed by atoms with Crippen molar-refractivity contribution in [2.45, 2.75) is 6.42 Å². The highest BCUT2D eigenvalue weighted by Crippen LogP contribution is 2.26. The first-order valence-electron chi connectivity index (χ1n) is 7.09. The molecule has 1 aliphatic heterocycles. The first-order chi connectivity index (χ1) is 9.68. The third kappa shape index (κ3) is 3.83. The number of hydrogen-bond acceptors (Lipinski definition) is 3. The Morgan fingerprint density at radius 2 is 2.00 bits per heavy atom. The zero-order chi connectivity index (χ0) is 14.0. The first kappa shape index (κ1) is 16.9. The topological polar surface area (TPSA) is 26.3 Å². The van der Waals surface area contributed by atoms with Gasteiger partial charge in [0.2, 0.25) is 0 Å². The van der Waals surface area contributed by atoms with E-state index >= 15 is 0 Å². The van der Waals surface area contributed by atoms with Crippen LogP contribution in [0.2, 0.25) is 0 Å². The van der Waals surface area contributed by atoms with E-state index in [1.165, 1.54) is 4.70 Å². The molecule has 0 N–H and O–H groups in total. The van der Waals surface area contributed by atoms with Crippen LogP contribution in [0.15, 0.2) is 29.6 Å². The Bertz CT molecular complexity index is 620. The largest absolute Gasteiger partial charge is 0.370 e. The van der Waals surface area contributed by atoms with E-state index in [0.717, 1.165) is 48.3 Å². The second kappa shape index (κ2) is 7.17. The fourth-order valence-corrected chi connectivity index (χ4v) is 3.67. The van der Waals surface area contributed by atoms with Gasteiger partial charge in [-0.25, -0.2) is 0 Å². The van der Waals surface area contributed by atoms with Crippen molar-refractivity contribution < 1.29 is 14.0 Å². The maximum absolute atomic E-state index is 12.5. The summed E-state index contributed by atoms with van der Waals surface area (Å²) in [6.07, 6.45) is 0.622. The Labute approximate surface area is 146 Å². The summed E-state index contributed by atoms with van der Waals surface area (Å²) in [4.78, 5) is 12.5. The van der Waals surface area contributed by atoms with Crippen LogP contribution in [0.4, 0.5) is 0 Å². The number of ether oxygens (including phenoxy) is 1. The molecule has 21 heavy (non-hydrogen) atoms. The number of carbonyl (C=O) groups is 1. The van der Waals surface area contributed by atoms with Crippen LogP contribution in [0.1, 0.15) is 16.8 Å². The minimum Gasteiger partial charge on any atom is -0.370 e. The quantitative estimate of drug-likeness (QED) is 0.431. The summed E-state index contributed by atoms with van der Waals surface area (Å²) in [6, 6.07) is 8.14. The van der Waals surface area contributed by atoms with Crippen LogP contribution < -0.4 is 0 Å². The molecule has 3 nitrogen and oxygen atoms in total. The lowest BCUT2D eigenvalue weighted by molar-refractivity contribution is -0.916. The number of likely N-dealkylation sites (N-methyl/N-ethyl adjacent to an activating group) is 1. The number of carbonyl (C=O) groups excluding carboxylic acids is 1. The predicted octanol–water partition coefficient (Wildman–Crippen LogP) is 3.57. The van der Waals surface area contributed by atoms with Gasteiger partial charge in [-0.1, -0.05) is 18.2 Å². The lowest BCUT2D eigenvalue weighted by Crippen LogP contribution is -2.52. The zero-order valence-electron chi connectivity index (χ0n) is 12.2. The summed E-state index contributed by atoms with van der Waals surface area (Å²) in [7, 11) is 2.22. The van der Waals surface area contributed by atoms with Crippen LogP contribution in [0, 0.1) is 0 Å². The number of Topliss-reactive ketones (excluding diaryl/α,β-unsaturated/α-hetero) is 1. The van der Waals surface area contributed by atoms with Gasteiger partial charge in [-0.05, 0) is 6.07 Å². The third-order valence-corrected chi connectivity index (χ3v) is 5.17. The molecule has 114 valence electrons. The molecule has 0 radical (unpaired) electrons. The molecule has 5 heteroatoms. The fraction of sp³-hybridized carbons (Fsp3) is 0.438. The number of quaternary nitrogens is 1. The number of thiophene rings is 1. The van der Waals surface area contributed by atoms with Gasteiger partial charge in [-0.15, -0.1) is 35.3 Å². The van der Waals surface area contributed by atoms with Crippen LogP contribution >= 0.6 is 35.3 Å². The number of fused-ring (bicyclic) bond motifs is 1. The fourth-order valence-electron chi connectivity index (χ4n) is 2.71. The van der Waals surface area contributed by atoms with E-state index in [1.54, 1.807) is 11.3 Å². The van der Waals surface area contributed by atoms with Gasteiger partial charge in [0.15, 0.2) is 5.78 Å². The van der Waals surface area contributed by atoms with Gasteiger partial charge in [-0.3, -0.25) is 4.79 Å². The Kier molecular flexibility index (Phi) is 5.76. The van der Waals surface area contributed by atoms with Crippen molar-refractivity contribution in [2.24, 2.45) is 0 Å². The summed E-state index contributed by atoms with van der Waals surface area (Å²) >= 11 is 1.66. The van der Waals surface area contributed by atoms with Crippen LogP contribution in [0.25, 0.3) is 10.1 Å². The lowest BCUT2D eigenvalue weighted by Gasteiger charge is -2.37. The Hall–Kier alpha value is -0.500. The van der Waals surface area contributed by atoms with E-state index < -0.39 is 0 Å². The Morgan fingerprint density at radius 3 is 2.76 bits per heavy atom. The number of ketones is 1. The second-order valence-corrected chi connectivity index (χ2v) is 6.63. The second-order valence-electron chi connectivity index (χ2n) is 5.72. The normalized spacial score (nSPS) is 17.4. The summed E-state index contributed by atoms with van der Waals surface area (Å²) in [5, 5.41) is 3.11. The van der Waals surface area contributed by atoms with Crippen molar-refractivity contribution in [3.8, 4) is 0 Å². The molecule has 1 fully saturated rings. The van der Waals surface area contributed by atoms with Gasteiger partial charge in [-0.2, -0.15) is 0 Å².